The Kier molecular flexibility index (Phi) is 6.61. The van der Waals surface area contributed by atoms with Crippen molar-refractivity contribution in [1.82, 2.24) is 0 Å². The van der Waals surface area contributed by atoms with E-state index < -0.39 is 5.41 Å². The summed E-state index contributed by atoms with van der Waals surface area (Å²) in [5.74, 6) is -0.271. The standard InChI is InChI=1S/C18H21IO3/c19-13-6-12-18(11-4-10-16(18)20)17(21)22-14-5-9-15-7-2-1-3-8-15/h1-3,5,7-9H,4,6,10-14H2/b9-5+. The van der Waals surface area contributed by atoms with Gasteiger partial charge in [0.15, 0.2) is 0 Å². The molecule has 4 heteroatoms. The topological polar surface area (TPSA) is 43.4 Å². The van der Waals surface area contributed by atoms with Crippen LogP contribution in [0, 0.1) is 5.41 Å². The van der Waals surface area contributed by atoms with E-state index in [0.29, 0.717) is 19.3 Å². The largest absolute Gasteiger partial charge is 0.461 e. The monoisotopic (exact) mass is 412 g/mol. The number of carbonyl (C=O) groups excluding carboxylic acids is 2. The van der Waals surface area contributed by atoms with Crippen LogP contribution in [-0.4, -0.2) is 22.8 Å². The summed E-state index contributed by atoms with van der Waals surface area (Å²) in [6.07, 6.45) is 7.19. The molecule has 1 aromatic rings. The summed E-state index contributed by atoms with van der Waals surface area (Å²) in [6.45, 7) is 0.215. The fourth-order valence-corrected chi connectivity index (χ4v) is 3.27. The van der Waals surface area contributed by atoms with Gasteiger partial charge in [-0.2, -0.15) is 0 Å². The van der Waals surface area contributed by atoms with Crippen LogP contribution in [0.5, 0.6) is 0 Å². The van der Waals surface area contributed by atoms with Crippen LogP contribution >= 0.6 is 22.6 Å². The van der Waals surface area contributed by atoms with Gasteiger partial charge in [0.2, 0.25) is 0 Å². The molecule has 0 radical (unpaired) electrons. The SMILES string of the molecule is O=C1CCCC1(CCCI)C(=O)OC/C=C/c1ccccc1. The number of benzene rings is 1. The lowest BCUT2D eigenvalue weighted by Crippen LogP contribution is -2.37. The third-order valence-electron chi connectivity index (χ3n) is 4.09. The molecule has 0 amide bonds. The maximum absolute atomic E-state index is 12.4. The van der Waals surface area contributed by atoms with Crippen LogP contribution in [0.25, 0.3) is 6.08 Å². The molecule has 0 aliphatic heterocycles. The van der Waals surface area contributed by atoms with Crippen LogP contribution in [-0.2, 0) is 14.3 Å². The van der Waals surface area contributed by atoms with E-state index in [2.05, 4.69) is 22.6 Å². The molecule has 1 aromatic carbocycles. The van der Waals surface area contributed by atoms with Gasteiger partial charge in [0, 0.05) is 6.42 Å². The van der Waals surface area contributed by atoms with Crippen molar-refractivity contribution in [2.75, 3.05) is 11.0 Å². The van der Waals surface area contributed by atoms with E-state index in [9.17, 15) is 9.59 Å². The first-order valence-corrected chi connectivity index (χ1v) is 9.20. The lowest BCUT2D eigenvalue weighted by molar-refractivity contribution is -0.158. The van der Waals surface area contributed by atoms with Crippen molar-refractivity contribution in [3.8, 4) is 0 Å². The predicted octanol–water partition coefficient (Wildman–Crippen LogP) is 4.20. The zero-order chi connectivity index (χ0) is 15.8. The molecular formula is C18H21IO3. The van der Waals surface area contributed by atoms with Gasteiger partial charge in [-0.15, -0.1) is 0 Å². The Morgan fingerprint density at radius 1 is 1.32 bits per heavy atom. The zero-order valence-electron chi connectivity index (χ0n) is 12.6. The highest BCUT2D eigenvalue weighted by Crippen LogP contribution is 2.40. The second-order valence-corrected chi connectivity index (χ2v) is 6.64. The summed E-state index contributed by atoms with van der Waals surface area (Å²) in [5, 5.41) is 0. The minimum absolute atomic E-state index is 0.0642. The minimum Gasteiger partial charge on any atom is -0.461 e. The van der Waals surface area contributed by atoms with Gasteiger partial charge in [0.05, 0.1) is 0 Å². The highest BCUT2D eigenvalue weighted by atomic mass is 127. The minimum atomic E-state index is -0.869. The fourth-order valence-electron chi connectivity index (χ4n) is 2.89. The van der Waals surface area contributed by atoms with E-state index in [1.165, 1.54) is 0 Å². The van der Waals surface area contributed by atoms with Crippen molar-refractivity contribution in [3.05, 3.63) is 42.0 Å². The average Bonchev–Trinajstić information content (AvgIpc) is 2.92. The predicted molar refractivity (Wildman–Crippen MR) is 95.8 cm³/mol. The number of hydrogen-bond acceptors (Lipinski definition) is 3. The van der Waals surface area contributed by atoms with Crippen LogP contribution in [0.2, 0.25) is 0 Å². The lowest BCUT2D eigenvalue weighted by atomic mass is 9.81. The number of halogens is 1. The molecule has 0 saturated heterocycles. The molecule has 3 nitrogen and oxygen atoms in total. The van der Waals surface area contributed by atoms with Crippen molar-refractivity contribution in [2.24, 2.45) is 5.41 Å². The Labute approximate surface area is 145 Å². The third-order valence-corrected chi connectivity index (χ3v) is 4.85. The molecule has 2 rings (SSSR count). The molecular weight excluding hydrogens is 391 g/mol. The Morgan fingerprint density at radius 2 is 2.09 bits per heavy atom. The Bertz CT molecular complexity index is 539. The van der Waals surface area contributed by atoms with Crippen molar-refractivity contribution in [2.45, 2.75) is 32.1 Å². The summed E-state index contributed by atoms with van der Waals surface area (Å²) >= 11 is 2.28. The van der Waals surface area contributed by atoms with E-state index in [1.807, 2.05) is 42.5 Å². The number of alkyl halides is 1. The lowest BCUT2D eigenvalue weighted by Gasteiger charge is -2.24. The highest BCUT2D eigenvalue weighted by Gasteiger charge is 2.49. The van der Waals surface area contributed by atoms with Crippen molar-refractivity contribution in [1.29, 1.82) is 0 Å². The molecule has 0 heterocycles. The molecule has 118 valence electrons. The number of Topliss-reactive ketones (excluding diaryl/α,β-unsaturated/α-hetero) is 1. The van der Waals surface area contributed by atoms with Crippen LogP contribution in [0.1, 0.15) is 37.7 Å². The quantitative estimate of drug-likeness (QED) is 0.292. The first-order valence-electron chi connectivity index (χ1n) is 7.67. The van der Waals surface area contributed by atoms with Crippen molar-refractivity contribution >= 4 is 40.4 Å². The molecule has 0 bridgehead atoms. The molecule has 1 atom stereocenters. The smallest absolute Gasteiger partial charge is 0.319 e. The van der Waals surface area contributed by atoms with Gasteiger partial charge in [0.1, 0.15) is 17.8 Å². The second kappa shape index (κ2) is 8.46. The fraction of sp³-hybridized carbons (Fsp3) is 0.444. The van der Waals surface area contributed by atoms with Gasteiger partial charge in [0.25, 0.3) is 0 Å². The number of esters is 1. The van der Waals surface area contributed by atoms with Gasteiger partial charge in [-0.25, -0.2) is 0 Å². The zero-order valence-corrected chi connectivity index (χ0v) is 14.8. The molecule has 1 aliphatic rings. The molecule has 1 aliphatic carbocycles. The number of rotatable bonds is 7. The van der Waals surface area contributed by atoms with Crippen LogP contribution in [0.15, 0.2) is 36.4 Å². The first-order chi connectivity index (χ1) is 10.7. The highest BCUT2D eigenvalue weighted by molar-refractivity contribution is 14.1. The van der Waals surface area contributed by atoms with Gasteiger partial charge in [-0.1, -0.05) is 59.0 Å². The Hall–Kier alpha value is -1.17. The second-order valence-electron chi connectivity index (χ2n) is 5.56. The summed E-state index contributed by atoms with van der Waals surface area (Å²) in [5.41, 5.74) is 0.196. The van der Waals surface area contributed by atoms with E-state index in [4.69, 9.17) is 4.74 Å². The third kappa shape index (κ3) is 4.18. The summed E-state index contributed by atoms with van der Waals surface area (Å²) in [6, 6.07) is 9.85. The van der Waals surface area contributed by atoms with E-state index in [-0.39, 0.29) is 18.4 Å². The van der Waals surface area contributed by atoms with Crippen molar-refractivity contribution in [3.63, 3.8) is 0 Å². The summed E-state index contributed by atoms with van der Waals surface area (Å²) in [4.78, 5) is 24.6. The molecule has 22 heavy (non-hydrogen) atoms. The summed E-state index contributed by atoms with van der Waals surface area (Å²) < 4.78 is 6.32. The van der Waals surface area contributed by atoms with Gasteiger partial charge in [-0.05, 0) is 41.8 Å². The van der Waals surface area contributed by atoms with Crippen LogP contribution in [0.3, 0.4) is 0 Å². The number of ether oxygens (including phenoxy) is 1. The van der Waals surface area contributed by atoms with Gasteiger partial charge in [-0.3, -0.25) is 9.59 Å². The van der Waals surface area contributed by atoms with E-state index in [0.717, 1.165) is 22.8 Å². The van der Waals surface area contributed by atoms with E-state index in [1.54, 1.807) is 0 Å². The molecule has 0 aromatic heterocycles. The average molecular weight is 412 g/mol. The molecule has 1 fully saturated rings. The Morgan fingerprint density at radius 3 is 2.73 bits per heavy atom. The molecule has 0 spiro atoms. The number of hydrogen-bond donors (Lipinski definition) is 0. The van der Waals surface area contributed by atoms with E-state index >= 15 is 0 Å². The summed E-state index contributed by atoms with van der Waals surface area (Å²) in [7, 11) is 0. The van der Waals surface area contributed by atoms with Crippen LogP contribution in [0.4, 0.5) is 0 Å². The maximum atomic E-state index is 12.4. The Balaban J connectivity index is 1.91. The normalized spacial score (nSPS) is 21.4. The van der Waals surface area contributed by atoms with Gasteiger partial charge < -0.3 is 4.74 Å². The molecule has 0 N–H and O–H groups in total. The van der Waals surface area contributed by atoms with Crippen molar-refractivity contribution < 1.29 is 14.3 Å². The van der Waals surface area contributed by atoms with Crippen LogP contribution < -0.4 is 0 Å². The number of carbonyl (C=O) groups is 2. The van der Waals surface area contributed by atoms with Gasteiger partial charge >= 0.3 is 5.97 Å². The first kappa shape index (κ1) is 17.2. The number of ketones is 1. The maximum Gasteiger partial charge on any atom is 0.319 e. The molecule has 1 saturated carbocycles. The molecule has 1 unspecified atom stereocenters.